The van der Waals surface area contributed by atoms with Crippen LogP contribution in [-0.2, 0) is 19.3 Å². The molecule has 19 heavy (non-hydrogen) atoms. The molecule has 1 aliphatic rings. The largest absolute Gasteiger partial charge is 0.324 e. The quantitative estimate of drug-likeness (QED) is 0.888. The fourth-order valence-corrected chi connectivity index (χ4v) is 3.30. The van der Waals surface area contributed by atoms with Crippen molar-refractivity contribution in [3.63, 3.8) is 0 Å². The molecule has 98 valence electrons. The number of halogens is 2. The van der Waals surface area contributed by atoms with Gasteiger partial charge in [-0.2, -0.15) is 0 Å². The highest BCUT2D eigenvalue weighted by atomic mass is 35.5. The lowest BCUT2D eigenvalue weighted by molar-refractivity contribution is 0.446. The minimum Gasteiger partial charge on any atom is -0.324 e. The van der Waals surface area contributed by atoms with Crippen LogP contribution < -0.4 is 5.73 Å². The summed E-state index contributed by atoms with van der Waals surface area (Å²) in [6, 6.07) is 14.2. The van der Waals surface area contributed by atoms with Crippen LogP contribution in [0.15, 0.2) is 42.5 Å². The summed E-state index contributed by atoms with van der Waals surface area (Å²) in [6.07, 6.45) is 2.54. The van der Waals surface area contributed by atoms with Crippen molar-refractivity contribution in [2.45, 2.75) is 24.8 Å². The molecule has 1 aliphatic carbocycles. The van der Waals surface area contributed by atoms with Gasteiger partial charge in [0, 0.05) is 5.54 Å². The Labute approximate surface area is 123 Å². The van der Waals surface area contributed by atoms with Gasteiger partial charge < -0.3 is 5.73 Å². The molecular formula is C16H15Cl2N. The number of rotatable bonds is 2. The highest BCUT2D eigenvalue weighted by Gasteiger charge is 2.33. The molecule has 0 spiro atoms. The zero-order valence-corrected chi connectivity index (χ0v) is 12.0. The molecule has 0 aliphatic heterocycles. The van der Waals surface area contributed by atoms with E-state index in [9.17, 15) is 0 Å². The highest BCUT2D eigenvalue weighted by Crippen LogP contribution is 2.34. The van der Waals surface area contributed by atoms with Crippen molar-refractivity contribution in [3.8, 4) is 0 Å². The van der Waals surface area contributed by atoms with Gasteiger partial charge in [0.2, 0.25) is 0 Å². The molecule has 2 aromatic carbocycles. The summed E-state index contributed by atoms with van der Waals surface area (Å²) in [5.74, 6) is 0. The molecule has 0 saturated heterocycles. The summed E-state index contributed by atoms with van der Waals surface area (Å²) in [6.45, 7) is 0. The number of hydrogen-bond donors (Lipinski definition) is 1. The standard InChI is InChI=1S/C16H15Cl2N/c17-14-7-3-6-13(15(14)18)10-16(19)8-11-4-1-2-5-12(11)9-16/h1-7H,8-10,19H2. The highest BCUT2D eigenvalue weighted by molar-refractivity contribution is 6.42. The molecule has 0 radical (unpaired) electrons. The third-order valence-electron chi connectivity index (χ3n) is 3.78. The molecular weight excluding hydrogens is 277 g/mol. The predicted octanol–water partition coefficient (Wildman–Crippen LogP) is 4.03. The normalized spacial score (nSPS) is 16.4. The summed E-state index contributed by atoms with van der Waals surface area (Å²) in [5, 5.41) is 1.23. The smallest absolute Gasteiger partial charge is 0.0624 e. The van der Waals surface area contributed by atoms with E-state index in [0.29, 0.717) is 10.0 Å². The number of fused-ring (bicyclic) bond motifs is 1. The van der Waals surface area contributed by atoms with Gasteiger partial charge in [-0.05, 0) is 42.0 Å². The fourth-order valence-electron chi connectivity index (χ4n) is 2.91. The van der Waals surface area contributed by atoms with Crippen molar-refractivity contribution in [1.29, 1.82) is 0 Å². The van der Waals surface area contributed by atoms with E-state index >= 15 is 0 Å². The van der Waals surface area contributed by atoms with Crippen molar-refractivity contribution < 1.29 is 0 Å². The van der Waals surface area contributed by atoms with Crippen LogP contribution in [-0.4, -0.2) is 5.54 Å². The fraction of sp³-hybridized carbons (Fsp3) is 0.250. The van der Waals surface area contributed by atoms with Crippen molar-refractivity contribution in [1.82, 2.24) is 0 Å². The Morgan fingerprint density at radius 3 is 2.21 bits per heavy atom. The lowest BCUT2D eigenvalue weighted by atomic mass is 9.89. The van der Waals surface area contributed by atoms with Crippen LogP contribution in [0, 0.1) is 0 Å². The average molecular weight is 292 g/mol. The number of benzene rings is 2. The molecule has 0 fully saturated rings. The monoisotopic (exact) mass is 291 g/mol. The molecule has 0 heterocycles. The molecule has 1 nitrogen and oxygen atoms in total. The van der Waals surface area contributed by atoms with Crippen molar-refractivity contribution in [3.05, 3.63) is 69.2 Å². The van der Waals surface area contributed by atoms with Crippen LogP contribution in [0.4, 0.5) is 0 Å². The topological polar surface area (TPSA) is 26.0 Å². The van der Waals surface area contributed by atoms with Gasteiger partial charge in [0.15, 0.2) is 0 Å². The lowest BCUT2D eigenvalue weighted by Crippen LogP contribution is -2.43. The maximum absolute atomic E-state index is 6.56. The summed E-state index contributed by atoms with van der Waals surface area (Å²) in [5.41, 5.74) is 10.0. The molecule has 0 bridgehead atoms. The minimum atomic E-state index is -0.252. The van der Waals surface area contributed by atoms with E-state index in [1.54, 1.807) is 6.07 Å². The predicted molar refractivity (Wildman–Crippen MR) is 80.9 cm³/mol. The van der Waals surface area contributed by atoms with Gasteiger partial charge in [-0.15, -0.1) is 0 Å². The molecule has 0 unspecified atom stereocenters. The van der Waals surface area contributed by atoms with Gasteiger partial charge in [-0.3, -0.25) is 0 Å². The average Bonchev–Trinajstić information content (AvgIpc) is 2.71. The zero-order chi connectivity index (χ0) is 13.5. The summed E-state index contributed by atoms with van der Waals surface area (Å²) < 4.78 is 0. The Kier molecular flexibility index (Phi) is 3.30. The van der Waals surface area contributed by atoms with Gasteiger partial charge in [0.05, 0.1) is 10.0 Å². The first-order chi connectivity index (χ1) is 9.07. The molecule has 2 N–H and O–H groups in total. The molecule has 3 heteroatoms. The first kappa shape index (κ1) is 13.0. The molecule has 0 saturated carbocycles. The molecule has 2 aromatic rings. The van der Waals surface area contributed by atoms with Gasteiger partial charge >= 0.3 is 0 Å². The van der Waals surface area contributed by atoms with E-state index in [2.05, 4.69) is 24.3 Å². The zero-order valence-electron chi connectivity index (χ0n) is 10.5. The summed E-state index contributed by atoms with van der Waals surface area (Å²) in [4.78, 5) is 0. The van der Waals surface area contributed by atoms with Crippen molar-refractivity contribution >= 4 is 23.2 Å². The van der Waals surface area contributed by atoms with Crippen LogP contribution in [0.3, 0.4) is 0 Å². The Balaban J connectivity index is 1.87. The Hall–Kier alpha value is -1.02. The Bertz CT molecular complexity index is 597. The van der Waals surface area contributed by atoms with Gasteiger partial charge in [-0.1, -0.05) is 59.6 Å². The van der Waals surface area contributed by atoms with E-state index in [-0.39, 0.29) is 5.54 Å². The molecule has 0 atom stereocenters. The van der Waals surface area contributed by atoms with E-state index in [4.69, 9.17) is 28.9 Å². The summed E-state index contributed by atoms with van der Waals surface area (Å²) in [7, 11) is 0. The molecule has 0 amide bonds. The van der Waals surface area contributed by atoms with E-state index in [1.807, 2.05) is 12.1 Å². The van der Waals surface area contributed by atoms with Crippen LogP contribution in [0.1, 0.15) is 16.7 Å². The van der Waals surface area contributed by atoms with Gasteiger partial charge in [-0.25, -0.2) is 0 Å². The SMILES string of the molecule is NC1(Cc2cccc(Cl)c2Cl)Cc2ccccc2C1. The third-order valence-corrected chi connectivity index (χ3v) is 4.64. The summed E-state index contributed by atoms with van der Waals surface area (Å²) >= 11 is 12.3. The van der Waals surface area contributed by atoms with Crippen molar-refractivity contribution in [2.75, 3.05) is 0 Å². The van der Waals surface area contributed by atoms with Crippen molar-refractivity contribution in [2.24, 2.45) is 5.73 Å². The van der Waals surface area contributed by atoms with Crippen LogP contribution in [0.2, 0.25) is 10.0 Å². The van der Waals surface area contributed by atoms with E-state index < -0.39 is 0 Å². The Morgan fingerprint density at radius 1 is 0.947 bits per heavy atom. The third kappa shape index (κ3) is 2.51. The first-order valence-corrected chi connectivity index (χ1v) is 7.12. The van der Waals surface area contributed by atoms with E-state index in [1.165, 1.54) is 11.1 Å². The second-order valence-corrected chi connectivity index (χ2v) is 6.16. The van der Waals surface area contributed by atoms with E-state index in [0.717, 1.165) is 24.8 Å². The molecule has 0 aromatic heterocycles. The van der Waals surface area contributed by atoms with Gasteiger partial charge in [0.25, 0.3) is 0 Å². The first-order valence-electron chi connectivity index (χ1n) is 6.36. The lowest BCUT2D eigenvalue weighted by Gasteiger charge is -2.24. The van der Waals surface area contributed by atoms with Crippen LogP contribution >= 0.6 is 23.2 Å². The maximum Gasteiger partial charge on any atom is 0.0624 e. The minimum absolute atomic E-state index is 0.252. The Morgan fingerprint density at radius 2 is 1.58 bits per heavy atom. The van der Waals surface area contributed by atoms with Gasteiger partial charge in [0.1, 0.15) is 0 Å². The maximum atomic E-state index is 6.56. The van der Waals surface area contributed by atoms with Crippen LogP contribution in [0.25, 0.3) is 0 Å². The second-order valence-electron chi connectivity index (χ2n) is 5.37. The van der Waals surface area contributed by atoms with Crippen LogP contribution in [0.5, 0.6) is 0 Å². The number of nitrogens with two attached hydrogens (primary N) is 1. The number of hydrogen-bond acceptors (Lipinski definition) is 1. The molecule has 3 rings (SSSR count). The second kappa shape index (κ2) is 4.82.